The molecule has 0 spiro atoms. The van der Waals surface area contributed by atoms with Crippen LogP contribution in [0.2, 0.25) is 5.02 Å². The van der Waals surface area contributed by atoms with Crippen LogP contribution in [0.3, 0.4) is 0 Å². The van der Waals surface area contributed by atoms with Crippen molar-refractivity contribution in [1.82, 2.24) is 15.5 Å². The average molecular weight is 416 g/mol. The molecule has 1 fully saturated rings. The fourth-order valence-corrected chi connectivity index (χ4v) is 3.79. The maximum atomic E-state index is 12.3. The third-order valence-corrected chi connectivity index (χ3v) is 5.30. The normalized spacial score (nSPS) is 15.0. The van der Waals surface area contributed by atoms with E-state index in [4.69, 9.17) is 16.3 Å². The molecule has 7 heteroatoms. The van der Waals surface area contributed by atoms with Crippen LogP contribution in [-0.4, -0.2) is 50.0 Å². The molecule has 1 aliphatic heterocycles. The Morgan fingerprint density at radius 1 is 1.10 bits per heavy atom. The van der Waals surface area contributed by atoms with Gasteiger partial charge in [0.2, 0.25) is 5.91 Å². The molecule has 1 saturated heterocycles. The lowest BCUT2D eigenvalue weighted by molar-refractivity contribution is -0.120. The van der Waals surface area contributed by atoms with E-state index in [0.717, 1.165) is 37.2 Å². The van der Waals surface area contributed by atoms with Crippen molar-refractivity contribution in [3.05, 3.63) is 64.7 Å². The average Bonchev–Trinajstić information content (AvgIpc) is 3.27. The summed E-state index contributed by atoms with van der Waals surface area (Å²) in [6.07, 6.45) is 2.30. The number of hydrogen-bond donors (Lipinski definition) is 2. The molecule has 0 aromatic heterocycles. The van der Waals surface area contributed by atoms with E-state index in [1.54, 1.807) is 31.4 Å². The number of hydrogen-bond acceptors (Lipinski definition) is 4. The number of carbonyl (C=O) groups is 2. The summed E-state index contributed by atoms with van der Waals surface area (Å²) >= 11 is 5.91. The van der Waals surface area contributed by atoms with Gasteiger partial charge in [0, 0.05) is 22.7 Å². The monoisotopic (exact) mass is 415 g/mol. The van der Waals surface area contributed by atoms with Crippen molar-refractivity contribution in [2.24, 2.45) is 0 Å². The van der Waals surface area contributed by atoms with E-state index in [2.05, 4.69) is 15.5 Å². The van der Waals surface area contributed by atoms with Gasteiger partial charge in [-0.25, -0.2) is 0 Å². The summed E-state index contributed by atoms with van der Waals surface area (Å²) in [4.78, 5) is 26.9. The lowest BCUT2D eigenvalue weighted by atomic mass is 10.0. The number of para-hydroxylation sites is 1. The highest BCUT2D eigenvalue weighted by Crippen LogP contribution is 2.31. The van der Waals surface area contributed by atoms with Gasteiger partial charge in [-0.1, -0.05) is 35.9 Å². The van der Waals surface area contributed by atoms with Gasteiger partial charge < -0.3 is 15.4 Å². The zero-order chi connectivity index (χ0) is 20.6. The van der Waals surface area contributed by atoms with Crippen LogP contribution in [0.1, 0.15) is 34.8 Å². The molecule has 2 N–H and O–H groups in total. The zero-order valence-corrected chi connectivity index (χ0v) is 17.2. The smallest absolute Gasteiger partial charge is 0.251 e. The van der Waals surface area contributed by atoms with Gasteiger partial charge in [-0.3, -0.25) is 14.5 Å². The van der Waals surface area contributed by atoms with Crippen LogP contribution < -0.4 is 15.4 Å². The minimum Gasteiger partial charge on any atom is -0.496 e. The predicted octanol–water partition coefficient (Wildman–Crippen LogP) is 3.03. The van der Waals surface area contributed by atoms with E-state index < -0.39 is 0 Å². The van der Waals surface area contributed by atoms with E-state index in [9.17, 15) is 9.59 Å². The van der Waals surface area contributed by atoms with Crippen molar-refractivity contribution < 1.29 is 14.3 Å². The highest BCUT2D eigenvalue weighted by Gasteiger charge is 2.26. The maximum absolute atomic E-state index is 12.3. The van der Waals surface area contributed by atoms with Gasteiger partial charge in [0.05, 0.1) is 19.7 Å². The molecule has 1 aliphatic rings. The number of amides is 2. The first-order chi connectivity index (χ1) is 14.1. The van der Waals surface area contributed by atoms with E-state index in [0.29, 0.717) is 17.1 Å². The van der Waals surface area contributed by atoms with E-state index >= 15 is 0 Å². The summed E-state index contributed by atoms with van der Waals surface area (Å²) < 4.78 is 5.52. The Bertz CT molecular complexity index is 853. The third-order valence-electron chi connectivity index (χ3n) is 5.07. The number of rotatable bonds is 8. The van der Waals surface area contributed by atoms with E-state index in [1.807, 2.05) is 24.3 Å². The van der Waals surface area contributed by atoms with Crippen molar-refractivity contribution in [2.45, 2.75) is 18.9 Å². The summed E-state index contributed by atoms with van der Waals surface area (Å²) in [7, 11) is 1.66. The molecule has 0 radical (unpaired) electrons. The van der Waals surface area contributed by atoms with Crippen LogP contribution in [-0.2, 0) is 4.79 Å². The molecule has 2 aromatic carbocycles. The Morgan fingerprint density at radius 3 is 2.59 bits per heavy atom. The highest BCUT2D eigenvalue weighted by atomic mass is 35.5. The number of carbonyl (C=O) groups excluding carboxylic acids is 2. The first-order valence-corrected chi connectivity index (χ1v) is 10.1. The predicted molar refractivity (Wildman–Crippen MR) is 113 cm³/mol. The minimum absolute atomic E-state index is 0.0289. The maximum Gasteiger partial charge on any atom is 0.251 e. The lowest BCUT2D eigenvalue weighted by Gasteiger charge is -2.29. The Balaban J connectivity index is 1.59. The first-order valence-electron chi connectivity index (χ1n) is 9.76. The van der Waals surface area contributed by atoms with E-state index in [-0.39, 0.29) is 24.4 Å². The Kier molecular flexibility index (Phi) is 7.49. The van der Waals surface area contributed by atoms with Gasteiger partial charge in [-0.2, -0.15) is 0 Å². The fourth-order valence-electron chi connectivity index (χ4n) is 3.60. The second-order valence-corrected chi connectivity index (χ2v) is 7.43. The first kappa shape index (κ1) is 21.1. The van der Waals surface area contributed by atoms with Gasteiger partial charge in [-0.05, 0) is 50.2 Å². The molecule has 0 unspecified atom stereocenters. The van der Waals surface area contributed by atoms with Crippen molar-refractivity contribution in [3.8, 4) is 5.75 Å². The molecular formula is C22H26ClN3O3. The van der Waals surface area contributed by atoms with Crippen LogP contribution in [0.15, 0.2) is 48.5 Å². The molecule has 2 aromatic rings. The van der Waals surface area contributed by atoms with Crippen molar-refractivity contribution in [2.75, 3.05) is 33.3 Å². The number of benzene rings is 2. The van der Waals surface area contributed by atoms with Gasteiger partial charge >= 0.3 is 0 Å². The number of methoxy groups -OCH3 is 1. The molecule has 0 aliphatic carbocycles. The van der Waals surface area contributed by atoms with Crippen LogP contribution in [0.25, 0.3) is 0 Å². The van der Waals surface area contributed by atoms with Gasteiger partial charge in [-0.15, -0.1) is 0 Å². The summed E-state index contributed by atoms with van der Waals surface area (Å²) in [6, 6.07) is 14.5. The Morgan fingerprint density at radius 2 is 1.86 bits per heavy atom. The summed E-state index contributed by atoms with van der Waals surface area (Å²) in [6.45, 7) is 2.34. The Labute approximate surface area is 176 Å². The van der Waals surface area contributed by atoms with Crippen LogP contribution in [0, 0.1) is 0 Å². The number of likely N-dealkylation sites (tertiary alicyclic amines) is 1. The molecular weight excluding hydrogens is 390 g/mol. The molecule has 29 heavy (non-hydrogen) atoms. The van der Waals surface area contributed by atoms with Crippen LogP contribution in [0.4, 0.5) is 0 Å². The van der Waals surface area contributed by atoms with Crippen LogP contribution >= 0.6 is 11.6 Å². The number of nitrogens with zero attached hydrogens (tertiary/aromatic N) is 1. The summed E-state index contributed by atoms with van der Waals surface area (Å²) in [5.74, 6) is 0.246. The number of halogens is 1. The van der Waals surface area contributed by atoms with Gasteiger partial charge in [0.15, 0.2) is 0 Å². The minimum atomic E-state index is -0.330. The highest BCUT2D eigenvalue weighted by molar-refractivity contribution is 6.30. The summed E-state index contributed by atoms with van der Waals surface area (Å²) in [5.41, 5.74) is 1.48. The van der Waals surface area contributed by atoms with Crippen molar-refractivity contribution >= 4 is 23.4 Å². The molecule has 0 bridgehead atoms. The van der Waals surface area contributed by atoms with Crippen molar-refractivity contribution in [1.29, 1.82) is 0 Å². The molecule has 2 amide bonds. The van der Waals surface area contributed by atoms with Crippen molar-refractivity contribution in [3.63, 3.8) is 0 Å². The second kappa shape index (κ2) is 10.3. The van der Waals surface area contributed by atoms with Gasteiger partial charge in [0.25, 0.3) is 5.91 Å². The molecule has 1 atom stereocenters. The lowest BCUT2D eigenvalue weighted by Crippen LogP contribution is -2.41. The molecule has 6 nitrogen and oxygen atoms in total. The standard InChI is InChI=1S/C22H26ClN3O3/c1-29-20-10-3-2-9-18(20)19(26-11-4-5-12-26)14-24-21(27)15-25-22(28)16-7-6-8-17(23)13-16/h2-3,6-10,13,19H,4-5,11-12,14-15H2,1H3,(H,24,27)(H,25,28)/t19-/m0/s1. The second-order valence-electron chi connectivity index (χ2n) is 7.00. The number of ether oxygens (including phenoxy) is 1. The largest absolute Gasteiger partial charge is 0.496 e. The fraction of sp³-hybridized carbons (Fsp3) is 0.364. The zero-order valence-electron chi connectivity index (χ0n) is 16.5. The van der Waals surface area contributed by atoms with Crippen LogP contribution in [0.5, 0.6) is 5.75 Å². The molecule has 154 valence electrons. The third kappa shape index (κ3) is 5.71. The van der Waals surface area contributed by atoms with Gasteiger partial charge in [0.1, 0.15) is 5.75 Å². The Hall–Kier alpha value is -2.57. The number of nitrogens with one attached hydrogen (secondary N) is 2. The molecule has 3 rings (SSSR count). The SMILES string of the molecule is COc1ccccc1[C@H](CNC(=O)CNC(=O)c1cccc(Cl)c1)N1CCCC1. The quantitative estimate of drug-likeness (QED) is 0.695. The summed E-state index contributed by atoms with van der Waals surface area (Å²) in [5, 5.41) is 6.06. The molecule has 0 saturated carbocycles. The molecule has 1 heterocycles. The topological polar surface area (TPSA) is 70.7 Å². The van der Waals surface area contributed by atoms with E-state index in [1.165, 1.54) is 0 Å².